The van der Waals surface area contributed by atoms with Crippen molar-refractivity contribution in [1.82, 2.24) is 4.90 Å². The van der Waals surface area contributed by atoms with Crippen LogP contribution in [-0.2, 0) is 0 Å². The molecule has 0 spiro atoms. The van der Waals surface area contributed by atoms with E-state index in [1.165, 1.54) is 0 Å². The normalized spacial score (nSPS) is 12.2. The maximum atomic E-state index is 10.1. The molecule has 0 bridgehead atoms. The summed E-state index contributed by atoms with van der Waals surface area (Å²) in [5, 5.41) is 10.1. The quantitative estimate of drug-likeness (QED) is 0.772. The van der Waals surface area contributed by atoms with Gasteiger partial charge in [-0.05, 0) is 43.8 Å². The molecule has 0 aliphatic rings. The van der Waals surface area contributed by atoms with Crippen LogP contribution in [0.15, 0.2) is 54.6 Å². The molecule has 1 atom stereocenters. The second-order valence-electron chi connectivity index (χ2n) is 5.71. The van der Waals surface area contributed by atoms with E-state index in [0.717, 1.165) is 23.6 Å². The maximum absolute atomic E-state index is 10.1. The number of para-hydroxylation sites is 1. The molecule has 0 heterocycles. The number of nitrogens with zero attached hydrogens (tertiary/aromatic N) is 1. The number of aryl methyl sites for hydroxylation is 1. The van der Waals surface area contributed by atoms with Gasteiger partial charge in [0.1, 0.15) is 30.8 Å². The number of hydrogen-bond donors (Lipinski definition) is 1. The third-order valence-electron chi connectivity index (χ3n) is 3.44. The fourth-order valence-electron chi connectivity index (χ4n) is 2.24. The number of likely N-dealkylation sites (N-methyl/N-ethyl adjacent to an activating group) is 1. The smallest absolute Gasteiger partial charge is 0.119 e. The zero-order valence-electron chi connectivity index (χ0n) is 13.8. The molecule has 4 nitrogen and oxygen atoms in total. The van der Waals surface area contributed by atoms with Crippen molar-refractivity contribution in [3.8, 4) is 11.5 Å². The Morgan fingerprint density at radius 3 is 2.48 bits per heavy atom. The SMILES string of the molecule is Cc1cccc(OCC(O)CN(C)CCOc2ccccc2)c1. The van der Waals surface area contributed by atoms with E-state index in [-0.39, 0.29) is 6.61 Å². The Morgan fingerprint density at radius 1 is 1.00 bits per heavy atom. The van der Waals surface area contributed by atoms with Crippen LogP contribution in [0, 0.1) is 6.92 Å². The van der Waals surface area contributed by atoms with Crippen molar-refractivity contribution in [1.29, 1.82) is 0 Å². The first-order valence-electron chi connectivity index (χ1n) is 7.87. The Bertz CT molecular complexity index is 574. The summed E-state index contributed by atoms with van der Waals surface area (Å²) in [6.07, 6.45) is -0.530. The number of hydrogen-bond acceptors (Lipinski definition) is 4. The molecule has 0 amide bonds. The molecule has 1 N–H and O–H groups in total. The highest BCUT2D eigenvalue weighted by Crippen LogP contribution is 2.12. The van der Waals surface area contributed by atoms with Gasteiger partial charge in [0, 0.05) is 13.1 Å². The Balaban J connectivity index is 1.63. The van der Waals surface area contributed by atoms with Crippen LogP contribution in [0.1, 0.15) is 5.56 Å². The fourth-order valence-corrected chi connectivity index (χ4v) is 2.24. The first kappa shape index (κ1) is 17.3. The summed E-state index contributed by atoms with van der Waals surface area (Å²) in [7, 11) is 1.96. The molecular formula is C19H25NO3. The van der Waals surface area contributed by atoms with Crippen molar-refractivity contribution in [3.63, 3.8) is 0 Å². The number of benzene rings is 2. The molecule has 4 heteroatoms. The summed E-state index contributed by atoms with van der Waals surface area (Å²) in [4.78, 5) is 2.03. The molecule has 0 radical (unpaired) electrons. The van der Waals surface area contributed by atoms with Gasteiger partial charge in [0.15, 0.2) is 0 Å². The summed E-state index contributed by atoms with van der Waals surface area (Å²) in [5.41, 5.74) is 1.15. The van der Waals surface area contributed by atoms with E-state index < -0.39 is 6.10 Å². The minimum Gasteiger partial charge on any atom is -0.492 e. The molecule has 0 aliphatic heterocycles. The number of ether oxygens (including phenoxy) is 2. The number of rotatable bonds is 9. The van der Waals surface area contributed by atoms with Gasteiger partial charge in [-0.15, -0.1) is 0 Å². The molecule has 23 heavy (non-hydrogen) atoms. The second-order valence-corrected chi connectivity index (χ2v) is 5.71. The Hall–Kier alpha value is -2.04. The maximum Gasteiger partial charge on any atom is 0.119 e. The lowest BCUT2D eigenvalue weighted by Gasteiger charge is -2.21. The largest absolute Gasteiger partial charge is 0.492 e. The third-order valence-corrected chi connectivity index (χ3v) is 3.44. The molecule has 2 rings (SSSR count). The van der Waals surface area contributed by atoms with Crippen LogP contribution >= 0.6 is 0 Å². The predicted molar refractivity (Wildman–Crippen MR) is 92.1 cm³/mol. The highest BCUT2D eigenvalue weighted by Gasteiger charge is 2.09. The fraction of sp³-hybridized carbons (Fsp3) is 0.368. The van der Waals surface area contributed by atoms with Crippen molar-refractivity contribution in [2.45, 2.75) is 13.0 Å². The highest BCUT2D eigenvalue weighted by molar-refractivity contribution is 5.27. The van der Waals surface area contributed by atoms with Gasteiger partial charge in [-0.1, -0.05) is 30.3 Å². The lowest BCUT2D eigenvalue weighted by atomic mass is 10.2. The highest BCUT2D eigenvalue weighted by atomic mass is 16.5. The van der Waals surface area contributed by atoms with Crippen LogP contribution in [0.4, 0.5) is 0 Å². The molecule has 0 aromatic heterocycles. The summed E-state index contributed by atoms with van der Waals surface area (Å²) >= 11 is 0. The molecule has 0 aliphatic carbocycles. The first-order chi connectivity index (χ1) is 11.1. The molecule has 124 valence electrons. The first-order valence-corrected chi connectivity index (χ1v) is 7.87. The van der Waals surface area contributed by atoms with Crippen molar-refractivity contribution in [2.24, 2.45) is 0 Å². The van der Waals surface area contributed by atoms with Crippen molar-refractivity contribution in [2.75, 3.05) is 33.4 Å². The van der Waals surface area contributed by atoms with E-state index in [4.69, 9.17) is 9.47 Å². The van der Waals surface area contributed by atoms with Gasteiger partial charge in [-0.25, -0.2) is 0 Å². The van der Waals surface area contributed by atoms with Gasteiger partial charge in [0.2, 0.25) is 0 Å². The van der Waals surface area contributed by atoms with Gasteiger partial charge in [-0.3, -0.25) is 0 Å². The molecule has 0 saturated carbocycles. The topological polar surface area (TPSA) is 41.9 Å². The number of aliphatic hydroxyl groups is 1. The average Bonchev–Trinajstić information content (AvgIpc) is 2.54. The minimum atomic E-state index is -0.530. The Kier molecular flexibility index (Phi) is 6.91. The average molecular weight is 315 g/mol. The summed E-state index contributed by atoms with van der Waals surface area (Å²) in [6, 6.07) is 17.6. The lowest BCUT2D eigenvalue weighted by Crippen LogP contribution is -2.35. The molecular weight excluding hydrogens is 290 g/mol. The van der Waals surface area contributed by atoms with Crippen LogP contribution < -0.4 is 9.47 Å². The van der Waals surface area contributed by atoms with Gasteiger partial charge in [-0.2, -0.15) is 0 Å². The molecule has 0 saturated heterocycles. The monoisotopic (exact) mass is 315 g/mol. The second kappa shape index (κ2) is 9.18. The predicted octanol–water partition coefficient (Wildman–Crippen LogP) is 2.75. The van der Waals surface area contributed by atoms with Crippen LogP contribution in [-0.4, -0.2) is 49.5 Å². The Labute approximate surface area is 138 Å². The zero-order valence-corrected chi connectivity index (χ0v) is 13.8. The lowest BCUT2D eigenvalue weighted by molar-refractivity contribution is 0.0723. The van der Waals surface area contributed by atoms with Gasteiger partial charge < -0.3 is 19.5 Å². The van der Waals surface area contributed by atoms with E-state index >= 15 is 0 Å². The van der Waals surface area contributed by atoms with E-state index in [2.05, 4.69) is 0 Å². The minimum absolute atomic E-state index is 0.285. The van der Waals surface area contributed by atoms with Crippen molar-refractivity contribution in [3.05, 3.63) is 60.2 Å². The van der Waals surface area contributed by atoms with Crippen LogP contribution in [0.2, 0.25) is 0 Å². The van der Waals surface area contributed by atoms with Crippen LogP contribution in [0.3, 0.4) is 0 Å². The van der Waals surface area contributed by atoms with Crippen molar-refractivity contribution < 1.29 is 14.6 Å². The molecule has 2 aromatic rings. The van der Waals surface area contributed by atoms with E-state index in [1.54, 1.807) is 0 Å². The van der Waals surface area contributed by atoms with Gasteiger partial charge in [0.05, 0.1) is 0 Å². The third kappa shape index (κ3) is 6.72. The van der Waals surface area contributed by atoms with Crippen LogP contribution in [0.25, 0.3) is 0 Å². The van der Waals surface area contributed by atoms with Crippen LogP contribution in [0.5, 0.6) is 11.5 Å². The van der Waals surface area contributed by atoms with Crippen molar-refractivity contribution >= 4 is 0 Å². The van der Waals surface area contributed by atoms with E-state index in [9.17, 15) is 5.11 Å². The number of aliphatic hydroxyl groups excluding tert-OH is 1. The molecule has 2 aromatic carbocycles. The summed E-state index contributed by atoms with van der Waals surface area (Å²) in [6.45, 7) is 4.18. The summed E-state index contributed by atoms with van der Waals surface area (Å²) in [5.74, 6) is 1.66. The van der Waals surface area contributed by atoms with E-state index in [0.29, 0.717) is 13.2 Å². The molecule has 0 fully saturated rings. The summed E-state index contributed by atoms with van der Waals surface area (Å²) < 4.78 is 11.3. The standard InChI is InChI=1S/C19H25NO3/c1-16-7-6-10-19(13-16)23-15-17(21)14-20(2)11-12-22-18-8-4-3-5-9-18/h3-10,13,17,21H,11-12,14-15H2,1-2H3. The Morgan fingerprint density at radius 2 is 1.74 bits per heavy atom. The van der Waals surface area contributed by atoms with E-state index in [1.807, 2.05) is 73.5 Å². The zero-order chi connectivity index (χ0) is 16.5. The van der Waals surface area contributed by atoms with Gasteiger partial charge >= 0.3 is 0 Å². The molecule has 1 unspecified atom stereocenters. The van der Waals surface area contributed by atoms with Gasteiger partial charge in [0.25, 0.3) is 0 Å².